The van der Waals surface area contributed by atoms with Crippen LogP contribution in [0, 0.1) is 5.92 Å². The van der Waals surface area contributed by atoms with Crippen LogP contribution in [0.25, 0.3) is 0 Å². The van der Waals surface area contributed by atoms with E-state index in [1.807, 2.05) is 6.92 Å². The number of nitrogens with zero attached hydrogens (tertiary/aromatic N) is 1. The number of morpholine rings is 1. The predicted octanol–water partition coefficient (Wildman–Crippen LogP) is -0.245. The summed E-state index contributed by atoms with van der Waals surface area (Å²) >= 11 is 0. The Morgan fingerprint density at radius 3 is 2.87 bits per heavy atom. The summed E-state index contributed by atoms with van der Waals surface area (Å²) < 4.78 is 5.50. The largest absolute Gasteiger partial charge is 0.481 e. The van der Waals surface area contributed by atoms with Crippen molar-refractivity contribution in [3.63, 3.8) is 0 Å². The molecule has 0 aromatic heterocycles. The molecule has 88 valence electrons. The Morgan fingerprint density at radius 2 is 2.33 bits per heavy atom. The van der Waals surface area contributed by atoms with E-state index in [1.165, 1.54) is 0 Å². The van der Waals surface area contributed by atoms with Crippen molar-refractivity contribution in [1.29, 1.82) is 0 Å². The van der Waals surface area contributed by atoms with Crippen LogP contribution in [0.1, 0.15) is 13.8 Å². The highest BCUT2D eigenvalue weighted by Crippen LogP contribution is 2.10. The van der Waals surface area contributed by atoms with Gasteiger partial charge in [0.1, 0.15) is 0 Å². The second-order valence-electron chi connectivity index (χ2n) is 4.27. The van der Waals surface area contributed by atoms with Crippen molar-refractivity contribution < 1.29 is 14.6 Å². The molecule has 1 fully saturated rings. The summed E-state index contributed by atoms with van der Waals surface area (Å²) in [4.78, 5) is 12.8. The smallest absolute Gasteiger partial charge is 0.307 e. The summed E-state index contributed by atoms with van der Waals surface area (Å²) in [6.07, 6.45) is 0.0275. The lowest BCUT2D eigenvalue weighted by molar-refractivity contribution is -0.142. The highest BCUT2D eigenvalue weighted by molar-refractivity contribution is 5.69. The van der Waals surface area contributed by atoms with E-state index >= 15 is 0 Å². The average molecular weight is 216 g/mol. The molecule has 0 aromatic rings. The van der Waals surface area contributed by atoms with Gasteiger partial charge >= 0.3 is 5.97 Å². The topological polar surface area (TPSA) is 75.8 Å². The van der Waals surface area contributed by atoms with Crippen molar-refractivity contribution in [2.24, 2.45) is 11.7 Å². The monoisotopic (exact) mass is 216 g/mol. The molecule has 3 unspecified atom stereocenters. The molecular weight excluding hydrogens is 196 g/mol. The maximum Gasteiger partial charge on any atom is 0.307 e. The molecule has 0 saturated carbocycles. The van der Waals surface area contributed by atoms with Crippen LogP contribution in [0.5, 0.6) is 0 Å². The van der Waals surface area contributed by atoms with Gasteiger partial charge in [0.05, 0.1) is 18.6 Å². The lowest BCUT2D eigenvalue weighted by Crippen LogP contribution is -2.50. The summed E-state index contributed by atoms with van der Waals surface area (Å²) in [7, 11) is 0. The van der Waals surface area contributed by atoms with Crippen LogP contribution in [-0.4, -0.2) is 54.4 Å². The van der Waals surface area contributed by atoms with Gasteiger partial charge in [0, 0.05) is 25.7 Å². The van der Waals surface area contributed by atoms with Crippen LogP contribution < -0.4 is 5.73 Å². The van der Waals surface area contributed by atoms with Gasteiger partial charge in [-0.05, 0) is 6.92 Å². The molecule has 1 aliphatic rings. The zero-order valence-corrected chi connectivity index (χ0v) is 9.35. The normalized spacial score (nSPS) is 27.3. The Labute approximate surface area is 90.2 Å². The maximum atomic E-state index is 10.7. The Morgan fingerprint density at radius 1 is 1.67 bits per heavy atom. The number of nitrogens with two attached hydrogens (primary N) is 1. The van der Waals surface area contributed by atoms with Crippen LogP contribution in [-0.2, 0) is 9.53 Å². The molecule has 0 aromatic carbocycles. The molecule has 5 nitrogen and oxygen atoms in total. The molecule has 3 N–H and O–H groups in total. The van der Waals surface area contributed by atoms with E-state index in [4.69, 9.17) is 15.6 Å². The van der Waals surface area contributed by atoms with Crippen molar-refractivity contribution in [2.45, 2.75) is 26.0 Å². The van der Waals surface area contributed by atoms with Gasteiger partial charge in [-0.1, -0.05) is 6.92 Å². The molecule has 1 rings (SSSR count). The number of aliphatic carboxylic acids is 1. The van der Waals surface area contributed by atoms with Gasteiger partial charge in [-0.25, -0.2) is 0 Å². The number of carboxylic acid groups (broad SMARTS) is 1. The molecule has 1 saturated heterocycles. The van der Waals surface area contributed by atoms with E-state index < -0.39 is 5.97 Å². The highest BCUT2D eigenvalue weighted by atomic mass is 16.5. The van der Waals surface area contributed by atoms with Crippen molar-refractivity contribution in [2.75, 3.05) is 26.2 Å². The maximum absolute atomic E-state index is 10.7. The molecule has 1 heterocycles. The Hall–Kier alpha value is -0.650. The van der Waals surface area contributed by atoms with Crippen LogP contribution >= 0.6 is 0 Å². The first-order valence-electron chi connectivity index (χ1n) is 5.33. The minimum absolute atomic E-state index is 0.00654. The number of ether oxygens (including phenoxy) is 1. The first kappa shape index (κ1) is 12.4. The van der Waals surface area contributed by atoms with E-state index in [0.29, 0.717) is 13.2 Å². The molecule has 0 spiro atoms. The number of hydrogen-bond acceptors (Lipinski definition) is 4. The van der Waals surface area contributed by atoms with Crippen LogP contribution in [0.4, 0.5) is 0 Å². The fraction of sp³-hybridized carbons (Fsp3) is 0.900. The van der Waals surface area contributed by atoms with Crippen LogP contribution in [0.2, 0.25) is 0 Å². The lowest BCUT2D eigenvalue weighted by Gasteiger charge is -2.35. The van der Waals surface area contributed by atoms with Gasteiger partial charge in [-0.2, -0.15) is 0 Å². The predicted molar refractivity (Wildman–Crippen MR) is 56.6 cm³/mol. The Balaban J connectivity index is 2.39. The van der Waals surface area contributed by atoms with Crippen LogP contribution in [0.15, 0.2) is 0 Å². The molecular formula is C10H20N2O3. The lowest BCUT2D eigenvalue weighted by atomic mass is 10.1. The number of rotatable bonds is 4. The van der Waals surface area contributed by atoms with Crippen molar-refractivity contribution in [1.82, 2.24) is 4.90 Å². The summed E-state index contributed by atoms with van der Waals surface area (Å²) in [6, 6.07) is -0.00654. The summed E-state index contributed by atoms with van der Waals surface area (Å²) in [5.41, 5.74) is 5.75. The van der Waals surface area contributed by atoms with Gasteiger partial charge in [-0.15, -0.1) is 0 Å². The molecule has 1 aliphatic heterocycles. The first-order chi connectivity index (χ1) is 7.00. The third-order valence-electron chi connectivity index (χ3n) is 2.72. The van der Waals surface area contributed by atoms with E-state index in [-0.39, 0.29) is 18.1 Å². The van der Waals surface area contributed by atoms with Crippen molar-refractivity contribution in [3.8, 4) is 0 Å². The molecule has 0 bridgehead atoms. The van der Waals surface area contributed by atoms with Gasteiger partial charge < -0.3 is 15.6 Å². The highest BCUT2D eigenvalue weighted by Gasteiger charge is 2.25. The zero-order valence-electron chi connectivity index (χ0n) is 9.35. The average Bonchev–Trinajstić information content (AvgIpc) is 2.18. The minimum atomic E-state index is -0.751. The van der Waals surface area contributed by atoms with E-state index in [0.717, 1.165) is 13.1 Å². The zero-order chi connectivity index (χ0) is 11.4. The van der Waals surface area contributed by atoms with Gasteiger partial charge in [0.2, 0.25) is 0 Å². The number of hydrogen-bond donors (Lipinski definition) is 2. The van der Waals surface area contributed by atoms with Gasteiger partial charge in [-0.3, -0.25) is 9.69 Å². The SMILES string of the molecule is CC(CN1CCOC(C(C)N)C1)C(=O)O. The third kappa shape index (κ3) is 3.77. The molecule has 0 aliphatic carbocycles. The Bertz CT molecular complexity index is 221. The summed E-state index contributed by atoms with van der Waals surface area (Å²) in [6.45, 7) is 6.37. The fourth-order valence-corrected chi connectivity index (χ4v) is 1.68. The third-order valence-corrected chi connectivity index (χ3v) is 2.72. The second-order valence-corrected chi connectivity index (χ2v) is 4.27. The van der Waals surface area contributed by atoms with E-state index in [9.17, 15) is 4.79 Å². The minimum Gasteiger partial charge on any atom is -0.481 e. The summed E-state index contributed by atoms with van der Waals surface area (Å²) in [5.74, 6) is -1.09. The van der Waals surface area contributed by atoms with Gasteiger partial charge in [0.15, 0.2) is 0 Å². The first-order valence-corrected chi connectivity index (χ1v) is 5.33. The van der Waals surface area contributed by atoms with Crippen molar-refractivity contribution in [3.05, 3.63) is 0 Å². The standard InChI is InChI=1S/C10H20N2O3/c1-7(10(13)14)5-12-3-4-15-9(6-12)8(2)11/h7-9H,3-6,11H2,1-2H3,(H,13,14). The Kier molecular flexibility index (Phi) is 4.50. The van der Waals surface area contributed by atoms with Crippen LogP contribution in [0.3, 0.4) is 0 Å². The molecule has 15 heavy (non-hydrogen) atoms. The summed E-state index contributed by atoms with van der Waals surface area (Å²) in [5, 5.41) is 8.81. The number of carboxylic acids is 1. The van der Waals surface area contributed by atoms with E-state index in [2.05, 4.69) is 4.90 Å². The van der Waals surface area contributed by atoms with Crippen molar-refractivity contribution >= 4 is 5.97 Å². The molecule has 0 amide bonds. The van der Waals surface area contributed by atoms with Gasteiger partial charge in [0.25, 0.3) is 0 Å². The molecule has 0 radical (unpaired) electrons. The molecule has 5 heteroatoms. The van der Waals surface area contributed by atoms with E-state index in [1.54, 1.807) is 6.92 Å². The second kappa shape index (κ2) is 5.44. The molecule has 3 atom stereocenters. The quantitative estimate of drug-likeness (QED) is 0.678. The number of carbonyl (C=O) groups is 1. The fourth-order valence-electron chi connectivity index (χ4n) is 1.68.